The van der Waals surface area contributed by atoms with E-state index in [4.69, 9.17) is 4.74 Å². The Balaban J connectivity index is 2.10. The van der Waals surface area contributed by atoms with E-state index in [1.807, 2.05) is 0 Å². The van der Waals surface area contributed by atoms with E-state index in [1.165, 1.54) is 12.1 Å². The number of hydrogen-bond acceptors (Lipinski definition) is 1. The van der Waals surface area contributed by atoms with E-state index in [-0.39, 0.29) is 11.9 Å². The summed E-state index contributed by atoms with van der Waals surface area (Å²) in [7, 11) is 0. The molecule has 0 amide bonds. The van der Waals surface area contributed by atoms with Crippen molar-refractivity contribution in [1.82, 2.24) is 0 Å². The van der Waals surface area contributed by atoms with Gasteiger partial charge in [-0.1, -0.05) is 12.1 Å². The Kier molecular flexibility index (Phi) is 2.60. The molecular weight excluding hydrogens is 167 g/mol. The molecule has 1 aliphatic heterocycles. The van der Waals surface area contributed by atoms with Crippen LogP contribution >= 0.6 is 0 Å². The van der Waals surface area contributed by atoms with Crippen LogP contribution in [-0.2, 0) is 4.74 Å². The number of halogens is 1. The SMILES string of the molecule is Fc1ccc([C@H]2C[CH]CCO2)cc1. The molecule has 1 heterocycles. The monoisotopic (exact) mass is 179 g/mol. The average molecular weight is 179 g/mol. The van der Waals surface area contributed by atoms with Gasteiger partial charge >= 0.3 is 0 Å². The summed E-state index contributed by atoms with van der Waals surface area (Å²) in [5, 5.41) is 0. The maximum atomic E-state index is 12.6. The Hall–Kier alpha value is -0.890. The number of ether oxygens (including phenoxy) is 1. The Bertz CT molecular complexity index is 262. The lowest BCUT2D eigenvalue weighted by Gasteiger charge is -2.22. The standard InChI is InChI=1S/C11H12FO/c12-10-6-4-9(5-7-10)11-3-1-2-8-13-11/h1,4-7,11H,2-3,8H2/t11-/m1/s1. The van der Waals surface area contributed by atoms with Gasteiger partial charge in [0.1, 0.15) is 5.82 Å². The Morgan fingerprint density at radius 2 is 2.00 bits per heavy atom. The average Bonchev–Trinajstić information content (AvgIpc) is 2.20. The van der Waals surface area contributed by atoms with Crippen molar-refractivity contribution in [2.75, 3.05) is 6.61 Å². The third-order valence-electron chi connectivity index (χ3n) is 2.26. The van der Waals surface area contributed by atoms with Crippen LogP contribution < -0.4 is 0 Å². The fourth-order valence-corrected chi connectivity index (χ4v) is 1.54. The minimum Gasteiger partial charge on any atom is -0.374 e. The second-order valence-corrected chi connectivity index (χ2v) is 3.22. The van der Waals surface area contributed by atoms with Crippen molar-refractivity contribution in [1.29, 1.82) is 0 Å². The Morgan fingerprint density at radius 3 is 2.62 bits per heavy atom. The molecule has 0 N–H and O–H groups in total. The van der Waals surface area contributed by atoms with Crippen molar-refractivity contribution in [2.24, 2.45) is 0 Å². The zero-order chi connectivity index (χ0) is 9.10. The second kappa shape index (κ2) is 3.88. The summed E-state index contributed by atoms with van der Waals surface area (Å²) in [4.78, 5) is 0. The van der Waals surface area contributed by atoms with Crippen molar-refractivity contribution in [2.45, 2.75) is 18.9 Å². The van der Waals surface area contributed by atoms with Gasteiger partial charge in [0, 0.05) is 6.61 Å². The summed E-state index contributed by atoms with van der Waals surface area (Å²) < 4.78 is 18.2. The van der Waals surface area contributed by atoms with Crippen molar-refractivity contribution < 1.29 is 9.13 Å². The van der Waals surface area contributed by atoms with Gasteiger partial charge in [0.15, 0.2) is 0 Å². The van der Waals surface area contributed by atoms with Crippen molar-refractivity contribution >= 4 is 0 Å². The van der Waals surface area contributed by atoms with Crippen LogP contribution in [0.1, 0.15) is 24.5 Å². The van der Waals surface area contributed by atoms with Crippen LogP contribution in [0.25, 0.3) is 0 Å². The van der Waals surface area contributed by atoms with Crippen LogP contribution in [0.3, 0.4) is 0 Å². The number of benzene rings is 1. The number of rotatable bonds is 1. The Morgan fingerprint density at radius 1 is 1.23 bits per heavy atom. The van der Waals surface area contributed by atoms with Gasteiger partial charge in [-0.25, -0.2) is 4.39 Å². The van der Waals surface area contributed by atoms with Gasteiger partial charge < -0.3 is 4.74 Å². The minimum absolute atomic E-state index is 0.134. The summed E-state index contributed by atoms with van der Waals surface area (Å²) in [5.74, 6) is -0.191. The molecule has 0 aliphatic carbocycles. The first-order valence-electron chi connectivity index (χ1n) is 4.55. The summed E-state index contributed by atoms with van der Waals surface area (Å²) in [6.45, 7) is 0.780. The first-order valence-corrected chi connectivity index (χ1v) is 4.55. The molecule has 2 heteroatoms. The maximum absolute atomic E-state index is 12.6. The highest BCUT2D eigenvalue weighted by molar-refractivity contribution is 5.19. The highest BCUT2D eigenvalue weighted by atomic mass is 19.1. The van der Waals surface area contributed by atoms with Gasteiger partial charge in [-0.15, -0.1) is 0 Å². The lowest BCUT2D eigenvalue weighted by Crippen LogP contribution is -2.11. The molecule has 0 aromatic heterocycles. The highest BCUT2D eigenvalue weighted by Gasteiger charge is 2.15. The van der Waals surface area contributed by atoms with Crippen LogP contribution in [-0.4, -0.2) is 6.61 Å². The van der Waals surface area contributed by atoms with Gasteiger partial charge in [0.2, 0.25) is 0 Å². The van der Waals surface area contributed by atoms with Gasteiger partial charge in [0.05, 0.1) is 6.10 Å². The van der Waals surface area contributed by atoms with Crippen molar-refractivity contribution in [3.05, 3.63) is 42.1 Å². The van der Waals surface area contributed by atoms with Crippen LogP contribution in [0.4, 0.5) is 4.39 Å². The first kappa shape index (κ1) is 8.70. The molecule has 1 aromatic carbocycles. The van der Waals surface area contributed by atoms with E-state index < -0.39 is 0 Å². The van der Waals surface area contributed by atoms with Crippen molar-refractivity contribution in [3.8, 4) is 0 Å². The lowest BCUT2D eigenvalue weighted by atomic mass is 10.0. The summed E-state index contributed by atoms with van der Waals surface area (Å²) in [6.07, 6.45) is 4.32. The summed E-state index contributed by atoms with van der Waals surface area (Å²) in [6, 6.07) is 6.54. The van der Waals surface area contributed by atoms with Crippen molar-refractivity contribution in [3.63, 3.8) is 0 Å². The Labute approximate surface area is 77.5 Å². The summed E-state index contributed by atoms with van der Waals surface area (Å²) >= 11 is 0. The minimum atomic E-state index is -0.191. The van der Waals surface area contributed by atoms with E-state index in [0.29, 0.717) is 0 Å². The molecule has 13 heavy (non-hydrogen) atoms. The zero-order valence-corrected chi connectivity index (χ0v) is 7.37. The predicted octanol–water partition coefficient (Wildman–Crippen LogP) is 2.88. The van der Waals surface area contributed by atoms with Gasteiger partial charge in [0.25, 0.3) is 0 Å². The molecule has 0 spiro atoms. The zero-order valence-electron chi connectivity index (χ0n) is 7.37. The molecule has 1 nitrogen and oxygen atoms in total. The highest BCUT2D eigenvalue weighted by Crippen LogP contribution is 2.26. The molecule has 2 rings (SSSR count). The fraction of sp³-hybridized carbons (Fsp3) is 0.364. The predicted molar refractivity (Wildman–Crippen MR) is 48.6 cm³/mol. The molecule has 1 atom stereocenters. The van der Waals surface area contributed by atoms with E-state index in [1.54, 1.807) is 12.1 Å². The quantitative estimate of drug-likeness (QED) is 0.644. The summed E-state index contributed by atoms with van der Waals surface area (Å²) in [5.41, 5.74) is 1.07. The largest absolute Gasteiger partial charge is 0.374 e. The third-order valence-corrected chi connectivity index (χ3v) is 2.26. The van der Waals surface area contributed by atoms with E-state index in [2.05, 4.69) is 6.42 Å². The second-order valence-electron chi connectivity index (χ2n) is 3.22. The van der Waals surface area contributed by atoms with Crippen LogP contribution in [0, 0.1) is 12.2 Å². The lowest BCUT2D eigenvalue weighted by molar-refractivity contribution is 0.0331. The van der Waals surface area contributed by atoms with Crippen LogP contribution in [0.15, 0.2) is 24.3 Å². The molecule has 0 bridgehead atoms. The molecular formula is C11H12FO. The van der Waals surface area contributed by atoms with E-state index in [9.17, 15) is 4.39 Å². The van der Waals surface area contributed by atoms with E-state index in [0.717, 1.165) is 25.0 Å². The molecule has 69 valence electrons. The van der Waals surface area contributed by atoms with Crippen LogP contribution in [0.5, 0.6) is 0 Å². The molecule has 1 fully saturated rings. The molecule has 1 aliphatic rings. The molecule has 1 radical (unpaired) electrons. The smallest absolute Gasteiger partial charge is 0.123 e. The molecule has 0 saturated carbocycles. The topological polar surface area (TPSA) is 9.23 Å². The fourth-order valence-electron chi connectivity index (χ4n) is 1.54. The normalized spacial score (nSPS) is 23.0. The number of hydrogen-bond donors (Lipinski definition) is 0. The molecule has 0 unspecified atom stereocenters. The maximum Gasteiger partial charge on any atom is 0.123 e. The van der Waals surface area contributed by atoms with Crippen LogP contribution in [0.2, 0.25) is 0 Å². The first-order chi connectivity index (χ1) is 6.36. The molecule has 1 aromatic rings. The van der Waals surface area contributed by atoms with Gasteiger partial charge in [-0.2, -0.15) is 0 Å². The van der Waals surface area contributed by atoms with E-state index >= 15 is 0 Å². The third kappa shape index (κ3) is 2.07. The van der Waals surface area contributed by atoms with Gasteiger partial charge in [-0.05, 0) is 37.0 Å². The molecule has 1 saturated heterocycles. The van der Waals surface area contributed by atoms with Gasteiger partial charge in [-0.3, -0.25) is 0 Å².